The highest BCUT2D eigenvalue weighted by Crippen LogP contribution is 2.21. The Hall–Kier alpha value is -1.75. The van der Waals surface area contributed by atoms with Crippen LogP contribution in [0.5, 0.6) is 5.75 Å². The first-order valence-electron chi connectivity index (χ1n) is 5.05. The number of phenols is 1. The number of phenolic OH excluding ortho intramolecular Hbond substituents is 1. The summed E-state index contributed by atoms with van der Waals surface area (Å²) in [4.78, 5) is 22.1. The smallest absolute Gasteiger partial charge is 0.255 e. The highest BCUT2D eigenvalue weighted by molar-refractivity contribution is 6.31. The third-order valence-electron chi connectivity index (χ3n) is 2.09. The number of hydrogen-bond donors (Lipinski definition) is 3. The van der Waals surface area contributed by atoms with Crippen LogP contribution in [-0.4, -0.2) is 23.5 Å². The molecule has 17 heavy (non-hydrogen) atoms. The van der Waals surface area contributed by atoms with E-state index in [0.717, 1.165) is 0 Å². The van der Waals surface area contributed by atoms with Crippen molar-refractivity contribution in [2.24, 2.45) is 5.73 Å². The van der Waals surface area contributed by atoms with Gasteiger partial charge in [-0.3, -0.25) is 9.59 Å². The van der Waals surface area contributed by atoms with E-state index < -0.39 is 11.8 Å². The molecule has 5 nitrogen and oxygen atoms in total. The van der Waals surface area contributed by atoms with Gasteiger partial charge in [0, 0.05) is 18.0 Å². The minimum Gasteiger partial charge on any atom is -0.507 e. The van der Waals surface area contributed by atoms with Gasteiger partial charge in [-0.1, -0.05) is 11.6 Å². The Morgan fingerprint density at radius 3 is 2.76 bits per heavy atom. The van der Waals surface area contributed by atoms with Gasteiger partial charge in [0.25, 0.3) is 5.91 Å². The quantitative estimate of drug-likeness (QED) is 0.687. The fraction of sp³-hybridized carbons (Fsp3) is 0.273. The zero-order valence-electron chi connectivity index (χ0n) is 9.07. The van der Waals surface area contributed by atoms with E-state index in [1.54, 1.807) is 0 Å². The van der Waals surface area contributed by atoms with Crippen LogP contribution in [0.3, 0.4) is 0 Å². The van der Waals surface area contributed by atoms with E-state index in [4.69, 9.17) is 17.3 Å². The summed E-state index contributed by atoms with van der Waals surface area (Å²) >= 11 is 5.71. The molecule has 0 aromatic heterocycles. The maximum Gasteiger partial charge on any atom is 0.255 e. The van der Waals surface area contributed by atoms with Crippen molar-refractivity contribution in [2.75, 3.05) is 6.54 Å². The second-order valence-electron chi connectivity index (χ2n) is 3.49. The lowest BCUT2D eigenvalue weighted by molar-refractivity contribution is -0.118. The molecule has 0 aliphatic rings. The number of benzene rings is 1. The van der Waals surface area contributed by atoms with Crippen LogP contribution in [0.15, 0.2) is 18.2 Å². The Kier molecular flexibility index (Phi) is 4.78. The topological polar surface area (TPSA) is 92.4 Å². The van der Waals surface area contributed by atoms with Gasteiger partial charge in [-0.15, -0.1) is 0 Å². The van der Waals surface area contributed by atoms with Crippen LogP contribution in [0.2, 0.25) is 5.02 Å². The summed E-state index contributed by atoms with van der Waals surface area (Å²) in [5.41, 5.74) is 5.06. The summed E-state index contributed by atoms with van der Waals surface area (Å²) in [6.45, 7) is 0.313. The van der Waals surface area contributed by atoms with Crippen LogP contribution in [0.25, 0.3) is 0 Å². The SMILES string of the molecule is NC(=O)CCCNC(=O)c1cc(Cl)ccc1O. The van der Waals surface area contributed by atoms with Crippen molar-refractivity contribution in [1.82, 2.24) is 5.32 Å². The lowest BCUT2D eigenvalue weighted by atomic mass is 10.2. The monoisotopic (exact) mass is 256 g/mol. The van der Waals surface area contributed by atoms with Gasteiger partial charge in [-0.25, -0.2) is 0 Å². The molecule has 1 rings (SSSR count). The molecule has 0 fully saturated rings. The molecule has 0 bridgehead atoms. The number of aromatic hydroxyl groups is 1. The largest absolute Gasteiger partial charge is 0.507 e. The molecule has 6 heteroatoms. The Morgan fingerprint density at radius 2 is 2.12 bits per heavy atom. The summed E-state index contributed by atoms with van der Waals surface area (Å²) in [5.74, 6) is -0.985. The Bertz CT molecular complexity index is 435. The van der Waals surface area contributed by atoms with Crippen molar-refractivity contribution >= 4 is 23.4 Å². The predicted octanol–water partition coefficient (Wildman–Crippen LogP) is 1.04. The molecule has 0 radical (unpaired) electrons. The lowest BCUT2D eigenvalue weighted by Crippen LogP contribution is -2.25. The van der Waals surface area contributed by atoms with E-state index in [-0.39, 0.29) is 17.7 Å². The summed E-state index contributed by atoms with van der Waals surface area (Å²) in [5, 5.41) is 12.4. The van der Waals surface area contributed by atoms with Gasteiger partial charge in [0.1, 0.15) is 5.75 Å². The molecule has 0 spiro atoms. The number of amides is 2. The molecule has 0 saturated heterocycles. The number of carbonyl (C=O) groups is 2. The summed E-state index contributed by atoms with van der Waals surface area (Å²) < 4.78 is 0. The zero-order valence-corrected chi connectivity index (χ0v) is 9.83. The highest BCUT2D eigenvalue weighted by atomic mass is 35.5. The minimum atomic E-state index is -0.436. The Balaban J connectivity index is 2.52. The van der Waals surface area contributed by atoms with Crippen molar-refractivity contribution in [3.8, 4) is 5.75 Å². The van der Waals surface area contributed by atoms with Gasteiger partial charge in [0.05, 0.1) is 5.56 Å². The van der Waals surface area contributed by atoms with Gasteiger partial charge >= 0.3 is 0 Å². The van der Waals surface area contributed by atoms with Crippen LogP contribution in [-0.2, 0) is 4.79 Å². The molecule has 0 saturated carbocycles. The zero-order chi connectivity index (χ0) is 12.8. The van der Waals surface area contributed by atoms with Gasteiger partial charge in [0.2, 0.25) is 5.91 Å². The first-order chi connectivity index (χ1) is 8.00. The Morgan fingerprint density at radius 1 is 1.41 bits per heavy atom. The van der Waals surface area contributed by atoms with Crippen LogP contribution in [0.1, 0.15) is 23.2 Å². The molecule has 2 amide bonds. The van der Waals surface area contributed by atoms with E-state index in [1.807, 2.05) is 0 Å². The molecule has 0 unspecified atom stereocenters. The average molecular weight is 257 g/mol. The fourth-order valence-electron chi connectivity index (χ4n) is 1.25. The molecule has 0 aliphatic carbocycles. The van der Waals surface area contributed by atoms with Gasteiger partial charge in [-0.2, -0.15) is 0 Å². The van der Waals surface area contributed by atoms with Crippen LogP contribution < -0.4 is 11.1 Å². The molecule has 1 aromatic carbocycles. The van der Waals surface area contributed by atoms with E-state index in [0.29, 0.717) is 18.0 Å². The number of hydrogen-bond acceptors (Lipinski definition) is 3. The van der Waals surface area contributed by atoms with Gasteiger partial charge < -0.3 is 16.2 Å². The predicted molar refractivity (Wildman–Crippen MR) is 63.9 cm³/mol. The maximum atomic E-state index is 11.6. The number of rotatable bonds is 5. The van der Waals surface area contributed by atoms with Crippen molar-refractivity contribution < 1.29 is 14.7 Å². The second-order valence-corrected chi connectivity index (χ2v) is 3.92. The van der Waals surface area contributed by atoms with Crippen molar-refractivity contribution in [1.29, 1.82) is 0 Å². The van der Waals surface area contributed by atoms with Crippen LogP contribution in [0.4, 0.5) is 0 Å². The molecule has 0 atom stereocenters. The van der Waals surface area contributed by atoms with Gasteiger partial charge in [0.15, 0.2) is 0 Å². The highest BCUT2D eigenvalue weighted by Gasteiger charge is 2.10. The van der Waals surface area contributed by atoms with E-state index in [1.165, 1.54) is 18.2 Å². The molecular weight excluding hydrogens is 244 g/mol. The fourth-order valence-corrected chi connectivity index (χ4v) is 1.42. The van der Waals surface area contributed by atoms with E-state index in [2.05, 4.69) is 5.32 Å². The normalized spacial score (nSPS) is 9.94. The van der Waals surface area contributed by atoms with Gasteiger partial charge in [-0.05, 0) is 24.6 Å². The first-order valence-corrected chi connectivity index (χ1v) is 5.43. The number of nitrogens with one attached hydrogen (secondary N) is 1. The molecule has 4 N–H and O–H groups in total. The number of halogens is 1. The standard InChI is InChI=1S/C11H13ClN2O3/c12-7-3-4-9(15)8(6-7)11(17)14-5-1-2-10(13)16/h3-4,6,15H,1-2,5H2,(H2,13,16)(H,14,17). The average Bonchev–Trinajstić information content (AvgIpc) is 2.27. The summed E-state index contributed by atoms with van der Waals surface area (Å²) in [6, 6.07) is 4.21. The molecule has 92 valence electrons. The van der Waals surface area contributed by atoms with E-state index in [9.17, 15) is 14.7 Å². The summed E-state index contributed by atoms with van der Waals surface area (Å²) in [7, 11) is 0. The third kappa shape index (κ3) is 4.32. The molecule has 0 heterocycles. The molecule has 0 aliphatic heterocycles. The third-order valence-corrected chi connectivity index (χ3v) is 2.32. The van der Waals surface area contributed by atoms with Crippen molar-refractivity contribution in [3.63, 3.8) is 0 Å². The Labute approximate surface area is 104 Å². The van der Waals surface area contributed by atoms with Crippen LogP contribution >= 0.6 is 11.6 Å². The number of carbonyl (C=O) groups excluding carboxylic acids is 2. The van der Waals surface area contributed by atoms with Crippen molar-refractivity contribution in [3.05, 3.63) is 28.8 Å². The number of nitrogens with two attached hydrogens (primary N) is 1. The van der Waals surface area contributed by atoms with Crippen LogP contribution in [0, 0.1) is 0 Å². The van der Waals surface area contributed by atoms with Crippen molar-refractivity contribution in [2.45, 2.75) is 12.8 Å². The second kappa shape index (κ2) is 6.10. The summed E-state index contributed by atoms with van der Waals surface area (Å²) in [6.07, 6.45) is 0.671. The van der Waals surface area contributed by atoms with E-state index >= 15 is 0 Å². The number of primary amides is 1. The maximum absolute atomic E-state index is 11.6. The lowest BCUT2D eigenvalue weighted by Gasteiger charge is -2.06. The molecule has 1 aromatic rings. The minimum absolute atomic E-state index is 0.108. The first kappa shape index (κ1) is 13.3. The molecular formula is C11H13ClN2O3.